The lowest BCUT2D eigenvalue weighted by molar-refractivity contribution is 0.953. The Morgan fingerprint density at radius 2 is 1.59 bits per heavy atom. The Balaban J connectivity index is 1.52. The monoisotopic (exact) mass is 410 g/mol. The van der Waals surface area contributed by atoms with E-state index in [1.807, 2.05) is 29.5 Å². The smallest absolute Gasteiger partial charge is 0.151 e. The Morgan fingerprint density at radius 1 is 0.862 bits per heavy atom. The molecule has 1 aromatic heterocycles. The van der Waals surface area contributed by atoms with E-state index in [1.54, 1.807) is 11.8 Å². The van der Waals surface area contributed by atoms with Gasteiger partial charge in [0.25, 0.3) is 0 Å². The molecule has 0 radical (unpaired) electrons. The fraction of sp³-hybridized carbons (Fsp3) is 0.120. The summed E-state index contributed by atoms with van der Waals surface area (Å²) in [5, 5.41) is 9.27. The third-order valence-corrected chi connectivity index (χ3v) is 7.76. The maximum Gasteiger partial charge on any atom is 0.151 e. The largest absolute Gasteiger partial charge is 0.229 e. The SMILES string of the molecule is N#Cc1ccc(C(Sc2nc3c(s2)CCc2ccccc2-3)c2ccccc2)cc1. The Morgan fingerprint density at radius 3 is 2.38 bits per heavy atom. The quantitative estimate of drug-likeness (QED) is 0.353. The van der Waals surface area contributed by atoms with Crippen molar-refractivity contribution < 1.29 is 0 Å². The van der Waals surface area contributed by atoms with E-state index in [9.17, 15) is 0 Å². The predicted molar refractivity (Wildman–Crippen MR) is 120 cm³/mol. The van der Waals surface area contributed by atoms with Gasteiger partial charge in [0, 0.05) is 10.4 Å². The first-order chi connectivity index (χ1) is 14.3. The summed E-state index contributed by atoms with van der Waals surface area (Å²) in [5.41, 5.74) is 6.96. The standard InChI is InChI=1S/C25H18N2S2/c26-16-17-10-12-20(13-11-17)24(19-7-2-1-3-8-19)29-25-27-23-21-9-5-4-6-18(21)14-15-22(23)28-25/h1-13,24H,14-15H2. The minimum Gasteiger partial charge on any atom is -0.229 e. The minimum absolute atomic E-state index is 0.145. The molecular weight excluding hydrogens is 392 g/mol. The topological polar surface area (TPSA) is 36.7 Å². The summed E-state index contributed by atoms with van der Waals surface area (Å²) in [5.74, 6) is 0. The lowest BCUT2D eigenvalue weighted by Crippen LogP contribution is -2.01. The van der Waals surface area contributed by atoms with Crippen molar-refractivity contribution >= 4 is 23.1 Å². The first kappa shape index (κ1) is 18.2. The molecule has 1 aliphatic carbocycles. The van der Waals surface area contributed by atoms with Crippen molar-refractivity contribution in [2.24, 2.45) is 0 Å². The third kappa shape index (κ3) is 3.60. The zero-order valence-corrected chi connectivity index (χ0v) is 17.3. The number of hydrogen-bond donors (Lipinski definition) is 0. The van der Waals surface area contributed by atoms with Gasteiger partial charge in [0.05, 0.1) is 22.6 Å². The second-order valence-electron chi connectivity index (χ2n) is 7.05. The van der Waals surface area contributed by atoms with Crippen molar-refractivity contribution in [2.45, 2.75) is 22.4 Å². The molecule has 140 valence electrons. The molecule has 0 amide bonds. The van der Waals surface area contributed by atoms with Gasteiger partial charge >= 0.3 is 0 Å². The van der Waals surface area contributed by atoms with Gasteiger partial charge in [-0.05, 0) is 41.7 Å². The molecule has 1 heterocycles. The zero-order valence-electron chi connectivity index (χ0n) is 15.7. The van der Waals surface area contributed by atoms with E-state index in [2.05, 4.69) is 66.7 Å². The molecule has 0 spiro atoms. The van der Waals surface area contributed by atoms with Crippen molar-refractivity contribution in [1.29, 1.82) is 5.26 Å². The zero-order chi connectivity index (χ0) is 19.6. The van der Waals surface area contributed by atoms with Crippen LogP contribution < -0.4 is 0 Å². The highest BCUT2D eigenvalue weighted by molar-refractivity contribution is 8.01. The van der Waals surface area contributed by atoms with Gasteiger partial charge in [0.1, 0.15) is 0 Å². The molecule has 1 aliphatic rings. The van der Waals surface area contributed by atoms with Crippen LogP contribution in [0.15, 0.2) is 83.2 Å². The van der Waals surface area contributed by atoms with Crippen LogP contribution in [0.4, 0.5) is 0 Å². The molecule has 29 heavy (non-hydrogen) atoms. The normalized spacial score (nSPS) is 13.2. The average Bonchev–Trinajstić information content (AvgIpc) is 3.21. The molecule has 1 atom stereocenters. The highest BCUT2D eigenvalue weighted by atomic mass is 32.2. The molecule has 4 heteroatoms. The highest BCUT2D eigenvalue weighted by Gasteiger charge is 2.23. The summed E-state index contributed by atoms with van der Waals surface area (Å²) in [6.07, 6.45) is 2.16. The number of aryl methyl sites for hydroxylation is 2. The second kappa shape index (κ2) is 7.87. The van der Waals surface area contributed by atoms with Crippen LogP contribution >= 0.6 is 23.1 Å². The van der Waals surface area contributed by atoms with Crippen molar-refractivity contribution in [3.8, 4) is 17.3 Å². The number of nitrogens with zero attached hydrogens (tertiary/aromatic N) is 2. The minimum atomic E-state index is 0.145. The summed E-state index contributed by atoms with van der Waals surface area (Å²) in [6, 6.07) is 29.3. The van der Waals surface area contributed by atoms with Gasteiger partial charge in [-0.15, -0.1) is 11.3 Å². The fourth-order valence-electron chi connectivity index (χ4n) is 3.77. The van der Waals surface area contributed by atoms with E-state index in [0.717, 1.165) is 22.9 Å². The molecule has 0 bridgehead atoms. The van der Waals surface area contributed by atoms with E-state index in [4.69, 9.17) is 10.2 Å². The van der Waals surface area contributed by atoms with E-state index in [-0.39, 0.29) is 5.25 Å². The Labute approximate surface area is 178 Å². The van der Waals surface area contributed by atoms with Crippen LogP contribution in [0.3, 0.4) is 0 Å². The van der Waals surface area contributed by atoms with Gasteiger partial charge in [-0.2, -0.15) is 5.26 Å². The van der Waals surface area contributed by atoms with Gasteiger partial charge in [-0.1, -0.05) is 78.5 Å². The van der Waals surface area contributed by atoms with Gasteiger partial charge < -0.3 is 0 Å². The number of benzene rings is 3. The summed E-state index contributed by atoms with van der Waals surface area (Å²) in [4.78, 5) is 6.43. The van der Waals surface area contributed by atoms with Crippen LogP contribution in [-0.4, -0.2) is 4.98 Å². The molecule has 5 rings (SSSR count). The number of thioether (sulfide) groups is 1. The van der Waals surface area contributed by atoms with Crippen LogP contribution in [0, 0.1) is 11.3 Å². The first-order valence-electron chi connectivity index (χ1n) is 9.61. The van der Waals surface area contributed by atoms with Crippen molar-refractivity contribution in [3.63, 3.8) is 0 Å². The number of rotatable bonds is 4. The number of hydrogen-bond acceptors (Lipinski definition) is 4. The molecule has 0 saturated carbocycles. The van der Waals surface area contributed by atoms with Gasteiger partial charge in [0.15, 0.2) is 4.34 Å². The predicted octanol–water partition coefficient (Wildman–Crippen LogP) is 6.66. The molecule has 2 nitrogen and oxygen atoms in total. The summed E-state index contributed by atoms with van der Waals surface area (Å²) in [7, 11) is 0. The number of thiazole rings is 1. The van der Waals surface area contributed by atoms with Crippen LogP contribution in [0.25, 0.3) is 11.3 Å². The maximum atomic E-state index is 9.13. The molecule has 0 aliphatic heterocycles. The van der Waals surface area contributed by atoms with Crippen LogP contribution in [0.1, 0.15) is 32.4 Å². The second-order valence-corrected chi connectivity index (χ2v) is 9.49. The molecule has 3 aromatic carbocycles. The Kier molecular flexibility index (Phi) is 4.93. The van der Waals surface area contributed by atoms with Crippen molar-refractivity contribution in [2.75, 3.05) is 0 Å². The molecule has 0 saturated heterocycles. The van der Waals surface area contributed by atoms with E-state index < -0.39 is 0 Å². The highest BCUT2D eigenvalue weighted by Crippen LogP contribution is 2.45. The number of aromatic nitrogens is 1. The fourth-order valence-corrected chi connectivity index (χ4v) is 6.29. The van der Waals surface area contributed by atoms with Gasteiger partial charge in [-0.3, -0.25) is 0 Å². The van der Waals surface area contributed by atoms with E-state index in [0.29, 0.717) is 5.56 Å². The molecule has 1 unspecified atom stereocenters. The summed E-state index contributed by atoms with van der Waals surface area (Å²) < 4.78 is 1.10. The number of nitriles is 1. The van der Waals surface area contributed by atoms with E-state index >= 15 is 0 Å². The lowest BCUT2D eigenvalue weighted by Gasteiger charge is -2.16. The summed E-state index contributed by atoms with van der Waals surface area (Å²) in [6.45, 7) is 0. The van der Waals surface area contributed by atoms with E-state index in [1.165, 1.54) is 27.1 Å². The van der Waals surface area contributed by atoms with Gasteiger partial charge in [-0.25, -0.2) is 4.98 Å². The van der Waals surface area contributed by atoms with Crippen molar-refractivity contribution in [3.05, 3.63) is 106 Å². The Bertz CT molecular complexity index is 1190. The molecule has 0 N–H and O–H groups in total. The third-order valence-electron chi connectivity index (χ3n) is 5.24. The van der Waals surface area contributed by atoms with Gasteiger partial charge in [0.2, 0.25) is 0 Å². The van der Waals surface area contributed by atoms with Crippen LogP contribution in [0.2, 0.25) is 0 Å². The Hall–Kier alpha value is -2.87. The summed E-state index contributed by atoms with van der Waals surface area (Å²) >= 11 is 3.62. The average molecular weight is 411 g/mol. The lowest BCUT2D eigenvalue weighted by atomic mass is 9.94. The molecule has 4 aromatic rings. The van der Waals surface area contributed by atoms with Crippen LogP contribution in [0.5, 0.6) is 0 Å². The molecule has 0 fully saturated rings. The van der Waals surface area contributed by atoms with Crippen LogP contribution in [-0.2, 0) is 12.8 Å². The molecular formula is C25H18N2S2. The van der Waals surface area contributed by atoms with Crippen molar-refractivity contribution in [1.82, 2.24) is 4.98 Å². The maximum absolute atomic E-state index is 9.13. The first-order valence-corrected chi connectivity index (χ1v) is 11.3. The number of fused-ring (bicyclic) bond motifs is 3.